The highest BCUT2D eigenvalue weighted by atomic mass is 35.5. The van der Waals surface area contributed by atoms with Gasteiger partial charge in [0.1, 0.15) is 23.7 Å². The minimum absolute atomic E-state index is 0.00861. The van der Waals surface area contributed by atoms with E-state index in [2.05, 4.69) is 34.1 Å². The van der Waals surface area contributed by atoms with Gasteiger partial charge < -0.3 is 20.3 Å². The maximum absolute atomic E-state index is 11.9. The number of ketones is 1. The number of hydrogen-bond donors (Lipinski definition) is 4. The summed E-state index contributed by atoms with van der Waals surface area (Å²) in [4.78, 5) is 25.3. The molecule has 214 valence electrons. The number of rotatable bonds is 8. The predicted molar refractivity (Wildman–Crippen MR) is 141 cm³/mol. The molecule has 0 radical (unpaired) electrons. The molecule has 0 spiro atoms. The van der Waals surface area contributed by atoms with Crippen LogP contribution in [0.15, 0.2) is 6.33 Å². The second-order valence-corrected chi connectivity index (χ2v) is 14.8. The monoisotopic (exact) mass is 583 g/mol. The van der Waals surface area contributed by atoms with Crippen LogP contribution in [0.3, 0.4) is 0 Å². The Morgan fingerprint density at radius 2 is 1.85 bits per heavy atom. The third-order valence-corrected chi connectivity index (χ3v) is 9.92. The lowest BCUT2D eigenvalue weighted by molar-refractivity contribution is -0.118. The molecule has 4 N–H and O–H groups in total. The summed E-state index contributed by atoms with van der Waals surface area (Å²) in [6.45, 7) is 4.78. The number of aliphatic hydroxyl groups excluding tert-OH is 2. The second-order valence-electron chi connectivity index (χ2n) is 13.1. The fourth-order valence-corrected chi connectivity index (χ4v) is 9.49. The van der Waals surface area contributed by atoms with E-state index >= 15 is 0 Å². The van der Waals surface area contributed by atoms with E-state index in [1.807, 2.05) is 0 Å². The smallest absolute Gasteiger partial charge is 0.272 e. The zero-order valence-electron chi connectivity index (χ0n) is 21.9. The molecule has 4 unspecified atom stereocenters. The van der Waals surface area contributed by atoms with E-state index in [4.69, 9.17) is 20.9 Å². The number of nitrogens with zero attached hydrogens (tertiary/aromatic N) is 4. The Balaban J connectivity index is 1.25. The Morgan fingerprint density at radius 1 is 1.15 bits per heavy atom. The van der Waals surface area contributed by atoms with E-state index in [0.717, 1.165) is 19.3 Å². The van der Waals surface area contributed by atoms with Gasteiger partial charge >= 0.3 is 0 Å². The number of hydrogen-bond acceptors (Lipinski definition) is 10. The molecule has 8 atom stereocenters. The fraction of sp³-hybridized carbons (Fsp3) is 0.760. The topological polar surface area (TPSA) is 177 Å². The van der Waals surface area contributed by atoms with Crippen LogP contribution < -0.4 is 5.32 Å². The second kappa shape index (κ2) is 9.05. The molecular weight excluding hydrogens is 550 g/mol. The quantitative estimate of drug-likeness (QED) is 0.265. The number of aromatic nitrogens is 4. The first-order valence-corrected chi connectivity index (χ1v) is 15.3. The van der Waals surface area contributed by atoms with Crippen molar-refractivity contribution in [2.24, 2.45) is 16.7 Å². The van der Waals surface area contributed by atoms with Crippen LogP contribution in [0.5, 0.6) is 0 Å². The van der Waals surface area contributed by atoms with Crippen LogP contribution in [0.4, 0.5) is 5.82 Å². The number of carbonyl (C=O) groups is 1. The molecule has 1 saturated heterocycles. The average molecular weight is 584 g/mol. The highest BCUT2D eigenvalue weighted by Crippen LogP contribution is 2.67. The van der Waals surface area contributed by atoms with Crippen molar-refractivity contribution < 1.29 is 32.7 Å². The molecule has 2 aromatic heterocycles. The van der Waals surface area contributed by atoms with Crippen molar-refractivity contribution in [3.63, 3.8) is 0 Å². The molecule has 14 heteroatoms. The molecule has 5 fully saturated rings. The zero-order chi connectivity index (χ0) is 28.0. The summed E-state index contributed by atoms with van der Waals surface area (Å²) in [5.74, 6) is -0.543. The first-order valence-electron chi connectivity index (χ1n) is 13.3. The Morgan fingerprint density at radius 3 is 2.49 bits per heavy atom. The van der Waals surface area contributed by atoms with Gasteiger partial charge in [0.2, 0.25) is 5.28 Å². The Kier molecular flexibility index (Phi) is 6.33. The Bertz CT molecular complexity index is 1420. The van der Waals surface area contributed by atoms with Crippen LogP contribution in [0, 0.1) is 16.7 Å². The summed E-state index contributed by atoms with van der Waals surface area (Å²) in [5, 5.41) is 25.1. The number of aliphatic hydroxyl groups is 2. The zero-order valence-corrected chi connectivity index (χ0v) is 23.5. The molecular formula is C25H34ClN5O7S. The number of ether oxygens (including phenoxy) is 1. The minimum atomic E-state index is -4.44. The molecule has 5 aliphatic rings. The van der Waals surface area contributed by atoms with Crippen molar-refractivity contribution in [3.8, 4) is 0 Å². The van der Waals surface area contributed by atoms with Gasteiger partial charge in [0.25, 0.3) is 10.1 Å². The van der Waals surface area contributed by atoms with E-state index in [0.29, 0.717) is 22.9 Å². The Labute approximate surface area is 231 Å². The lowest BCUT2D eigenvalue weighted by Gasteiger charge is -2.65. The van der Waals surface area contributed by atoms with Crippen molar-refractivity contribution in [3.05, 3.63) is 11.6 Å². The number of fused-ring (bicyclic) bond motifs is 1. The van der Waals surface area contributed by atoms with E-state index in [1.165, 1.54) is 30.2 Å². The number of halogens is 1. The van der Waals surface area contributed by atoms with Crippen molar-refractivity contribution in [2.75, 3.05) is 11.1 Å². The van der Waals surface area contributed by atoms with E-state index in [1.54, 1.807) is 0 Å². The summed E-state index contributed by atoms with van der Waals surface area (Å²) < 4.78 is 38.2. The van der Waals surface area contributed by atoms with Crippen LogP contribution in [0.1, 0.15) is 71.4 Å². The van der Waals surface area contributed by atoms with Gasteiger partial charge in [-0.05, 0) is 73.3 Å². The van der Waals surface area contributed by atoms with Crippen molar-refractivity contribution in [2.45, 2.75) is 95.3 Å². The largest absolute Gasteiger partial charge is 0.388 e. The summed E-state index contributed by atoms with van der Waals surface area (Å²) in [6.07, 6.45) is 3.34. The summed E-state index contributed by atoms with van der Waals surface area (Å²) >= 11 is 6.37. The fourth-order valence-electron chi connectivity index (χ4n) is 8.78. The first kappa shape index (κ1) is 27.3. The molecule has 0 aromatic carbocycles. The third kappa shape index (κ3) is 5.06. The molecule has 12 nitrogen and oxygen atoms in total. The van der Waals surface area contributed by atoms with Crippen LogP contribution in [0.25, 0.3) is 11.2 Å². The van der Waals surface area contributed by atoms with E-state index < -0.39 is 46.2 Å². The Hall–Kier alpha value is -1.90. The van der Waals surface area contributed by atoms with Gasteiger partial charge in [-0.2, -0.15) is 18.4 Å². The van der Waals surface area contributed by atoms with Crippen LogP contribution in [-0.2, 0) is 19.6 Å². The lowest BCUT2D eigenvalue weighted by Crippen LogP contribution is -2.61. The molecule has 7 rings (SSSR count). The molecule has 2 aromatic rings. The van der Waals surface area contributed by atoms with Gasteiger partial charge in [0.15, 0.2) is 23.2 Å². The SMILES string of the molecule is C[C@]12C[C@@H]3C[C@](C)(C1)C[C@@](Nc1nc(Cl)nc4c1ncn4C1OC(CCC(=O)CS(=O)(=O)O)C(O)C1O)(C3)C2. The number of Topliss-reactive ketones (excluding diaryl/α,β-unsaturated/α-hetero) is 1. The van der Waals surface area contributed by atoms with Gasteiger partial charge in [0, 0.05) is 12.0 Å². The van der Waals surface area contributed by atoms with Crippen LogP contribution in [-0.4, -0.2) is 78.1 Å². The van der Waals surface area contributed by atoms with Gasteiger partial charge in [-0.25, -0.2) is 4.98 Å². The first-order chi connectivity index (χ1) is 18.2. The van der Waals surface area contributed by atoms with Crippen molar-refractivity contribution in [1.29, 1.82) is 0 Å². The summed E-state index contributed by atoms with van der Waals surface area (Å²) in [7, 11) is -4.44. The average Bonchev–Trinajstić information content (AvgIpc) is 3.29. The van der Waals surface area contributed by atoms with E-state index in [-0.39, 0.29) is 34.5 Å². The molecule has 4 bridgehead atoms. The van der Waals surface area contributed by atoms with Gasteiger partial charge in [0.05, 0.1) is 12.4 Å². The van der Waals surface area contributed by atoms with Crippen LogP contribution >= 0.6 is 11.6 Å². The summed E-state index contributed by atoms with van der Waals surface area (Å²) in [5.41, 5.74) is 1.26. The number of nitrogens with one attached hydrogen (secondary N) is 1. The highest BCUT2D eigenvalue weighted by molar-refractivity contribution is 7.86. The molecule has 1 aliphatic heterocycles. The predicted octanol–water partition coefficient (Wildman–Crippen LogP) is 2.50. The van der Waals surface area contributed by atoms with Crippen LogP contribution in [0.2, 0.25) is 5.28 Å². The number of anilines is 1. The minimum Gasteiger partial charge on any atom is -0.388 e. The molecule has 4 aliphatic carbocycles. The van der Waals surface area contributed by atoms with Crippen molar-refractivity contribution in [1.82, 2.24) is 19.5 Å². The van der Waals surface area contributed by atoms with Gasteiger partial charge in [-0.15, -0.1) is 0 Å². The normalized spacial score (nSPS) is 39.5. The van der Waals surface area contributed by atoms with Gasteiger partial charge in [-0.1, -0.05) is 13.8 Å². The highest BCUT2D eigenvalue weighted by Gasteiger charge is 2.60. The number of imidazole rings is 1. The maximum Gasteiger partial charge on any atom is 0.272 e. The lowest BCUT2D eigenvalue weighted by atomic mass is 9.43. The standard InChI is InChI=1S/C25H34ClN5O7S/c1-23-5-13-6-24(2,9-23)11-25(7-13,10-23)30-19-16-20(29-22(26)28-19)31(12-27-16)21-18(34)17(33)15(38-21)4-3-14(32)8-39(35,36)37/h12-13,15,17-18,21,33-34H,3-11H2,1-2H3,(H,28,29,30)(H,35,36,37)/t13-,15?,17?,18?,21?,23+,24-,25-. The summed E-state index contributed by atoms with van der Waals surface area (Å²) in [6, 6.07) is 0. The maximum atomic E-state index is 11.9. The molecule has 3 heterocycles. The third-order valence-electron chi connectivity index (χ3n) is 9.07. The molecule has 39 heavy (non-hydrogen) atoms. The van der Waals surface area contributed by atoms with Crippen molar-refractivity contribution >= 4 is 44.5 Å². The number of carbonyl (C=O) groups excluding carboxylic acids is 1. The van der Waals surface area contributed by atoms with Gasteiger partial charge in [-0.3, -0.25) is 13.9 Å². The van der Waals surface area contributed by atoms with E-state index in [9.17, 15) is 23.4 Å². The molecule has 4 saturated carbocycles. The molecule has 0 amide bonds.